The first kappa shape index (κ1) is 33.2. The molecule has 6 nitrogen and oxygen atoms in total. The number of benzene rings is 2. The lowest BCUT2D eigenvalue weighted by Gasteiger charge is -2.32. The Morgan fingerprint density at radius 2 is 1.95 bits per heavy atom. The van der Waals surface area contributed by atoms with Gasteiger partial charge in [0, 0.05) is 33.5 Å². The van der Waals surface area contributed by atoms with Gasteiger partial charge in [0.05, 0.1) is 16.3 Å². The molecular formula is C33H39Cl2FN4O2. The number of allylic oxidation sites excluding steroid dienone is 3. The summed E-state index contributed by atoms with van der Waals surface area (Å²) in [5.74, 6) is 0.764. The van der Waals surface area contributed by atoms with Crippen LogP contribution >= 0.6 is 23.2 Å². The summed E-state index contributed by atoms with van der Waals surface area (Å²) in [5, 5.41) is 22.5. The summed E-state index contributed by atoms with van der Waals surface area (Å²) in [6.07, 6.45) is 3.48. The Kier molecular flexibility index (Phi) is 11.6. The van der Waals surface area contributed by atoms with E-state index in [1.165, 1.54) is 13.0 Å². The fourth-order valence-corrected chi connectivity index (χ4v) is 5.48. The molecule has 1 aliphatic heterocycles. The minimum Gasteiger partial charge on any atom is -0.489 e. The van der Waals surface area contributed by atoms with Crippen LogP contribution in [0.4, 0.5) is 10.1 Å². The molecule has 0 aliphatic carbocycles. The molecule has 1 fully saturated rings. The maximum Gasteiger partial charge on any atom is 0.140 e. The van der Waals surface area contributed by atoms with Crippen LogP contribution in [-0.4, -0.2) is 30.5 Å². The largest absolute Gasteiger partial charge is 0.489 e. The topological polar surface area (TPSA) is 104 Å². The van der Waals surface area contributed by atoms with Crippen molar-refractivity contribution in [3.8, 4) is 17.6 Å². The number of nitrogens with two attached hydrogens (primary N) is 1. The number of nitriles is 1. The molecule has 3 rings (SSSR count). The zero-order valence-corrected chi connectivity index (χ0v) is 26.3. The van der Waals surface area contributed by atoms with Crippen molar-refractivity contribution in [3.05, 3.63) is 86.7 Å². The van der Waals surface area contributed by atoms with Crippen molar-refractivity contribution < 1.29 is 13.9 Å². The maximum atomic E-state index is 14.0. The highest BCUT2D eigenvalue weighted by atomic mass is 35.5. The Bertz CT molecular complexity index is 1440. The second-order valence-corrected chi connectivity index (χ2v) is 11.8. The number of nitrogen functional groups attached to an aromatic ring is 1. The summed E-state index contributed by atoms with van der Waals surface area (Å²) in [7, 11) is 0. The summed E-state index contributed by atoms with van der Waals surface area (Å²) in [6, 6.07) is 11.1. The number of nitrogens with one attached hydrogen (secondary N) is 2. The molecule has 9 heteroatoms. The van der Waals surface area contributed by atoms with Gasteiger partial charge in [-0.1, -0.05) is 49.7 Å². The van der Waals surface area contributed by atoms with Crippen molar-refractivity contribution in [1.29, 1.82) is 10.7 Å². The predicted molar refractivity (Wildman–Crippen MR) is 170 cm³/mol. The van der Waals surface area contributed by atoms with Gasteiger partial charge in [-0.05, 0) is 88.4 Å². The van der Waals surface area contributed by atoms with Crippen LogP contribution in [0.1, 0.15) is 69.2 Å². The fourth-order valence-electron chi connectivity index (χ4n) is 4.93. The SMILES string of the molecule is C=C/C(Cl)=C(\C(Cl)=C(/C)F)[C@@H](C)Oc1ccc(N)c(C(=N)c2cc(C)c(OC(CC(C)C)CC3CCN3)c(C#N)c2)c1. The lowest BCUT2D eigenvalue weighted by molar-refractivity contribution is 0.135. The molecule has 1 heterocycles. The first-order valence-corrected chi connectivity index (χ1v) is 14.8. The molecule has 2 aromatic carbocycles. The van der Waals surface area contributed by atoms with Crippen LogP contribution in [0.2, 0.25) is 0 Å². The van der Waals surface area contributed by atoms with Crippen molar-refractivity contribution in [1.82, 2.24) is 5.32 Å². The highest BCUT2D eigenvalue weighted by molar-refractivity contribution is 6.36. The minimum absolute atomic E-state index is 0.0246. The Morgan fingerprint density at radius 3 is 2.50 bits per heavy atom. The van der Waals surface area contributed by atoms with Gasteiger partial charge < -0.3 is 20.5 Å². The van der Waals surface area contributed by atoms with Crippen LogP contribution in [0.3, 0.4) is 0 Å². The number of anilines is 1. The molecule has 1 saturated heterocycles. The van der Waals surface area contributed by atoms with E-state index in [9.17, 15) is 9.65 Å². The summed E-state index contributed by atoms with van der Waals surface area (Å²) in [6.45, 7) is 13.8. The molecule has 0 spiro atoms. The highest BCUT2D eigenvalue weighted by Gasteiger charge is 2.26. The van der Waals surface area contributed by atoms with Crippen molar-refractivity contribution in [2.75, 3.05) is 12.3 Å². The Labute approximate surface area is 258 Å². The van der Waals surface area contributed by atoms with Crippen LogP contribution in [0.5, 0.6) is 11.5 Å². The zero-order valence-electron chi connectivity index (χ0n) is 24.8. The molecule has 2 aromatic rings. The number of aryl methyl sites for hydroxylation is 1. The maximum absolute atomic E-state index is 14.0. The molecule has 0 radical (unpaired) electrons. The second-order valence-electron chi connectivity index (χ2n) is 11.0. The Balaban J connectivity index is 1.91. The molecule has 224 valence electrons. The van der Waals surface area contributed by atoms with Gasteiger partial charge in [-0.15, -0.1) is 0 Å². The summed E-state index contributed by atoms with van der Waals surface area (Å²) >= 11 is 12.5. The highest BCUT2D eigenvalue weighted by Crippen LogP contribution is 2.34. The van der Waals surface area contributed by atoms with E-state index in [2.05, 4.69) is 31.8 Å². The van der Waals surface area contributed by atoms with E-state index in [-0.39, 0.29) is 27.5 Å². The molecule has 0 saturated carbocycles. The summed E-state index contributed by atoms with van der Waals surface area (Å²) in [4.78, 5) is 0. The molecule has 2 unspecified atom stereocenters. The van der Waals surface area contributed by atoms with Gasteiger partial charge in [0.25, 0.3) is 0 Å². The number of rotatable bonds is 13. The van der Waals surface area contributed by atoms with Gasteiger partial charge in [0.15, 0.2) is 0 Å². The first-order valence-electron chi connectivity index (χ1n) is 14.0. The third-order valence-electron chi connectivity index (χ3n) is 7.16. The molecule has 4 N–H and O–H groups in total. The van der Waals surface area contributed by atoms with Crippen molar-refractivity contribution in [2.24, 2.45) is 5.92 Å². The fraction of sp³-hybridized carbons (Fsp3) is 0.394. The number of hydrogen-bond donors (Lipinski definition) is 3. The standard InChI is InChI=1S/C33H39Cl2FN4O2/c1-7-28(34)30(31(35)20(5)36)21(6)41-25-8-9-29(38)27(16-25)32(39)22-13-19(4)33(23(14-22)17-37)42-26(12-18(2)3)15-24-10-11-40-24/h7-9,13-14,16,18,21,24,26,39-40H,1,10-12,15,38H2,2-6H3/b30-28+,31-20-,39-32?/t21-,24?,26?/m1/s1. The quantitative estimate of drug-likeness (QED) is 0.120. The van der Waals surface area contributed by atoms with Crippen LogP contribution in [-0.2, 0) is 0 Å². The van der Waals surface area contributed by atoms with E-state index in [4.69, 9.17) is 43.8 Å². The Hall–Kier alpha value is -3.31. The first-order chi connectivity index (χ1) is 19.9. The predicted octanol–water partition coefficient (Wildman–Crippen LogP) is 8.30. The van der Waals surface area contributed by atoms with Crippen LogP contribution in [0.25, 0.3) is 0 Å². The molecule has 0 aromatic heterocycles. The van der Waals surface area contributed by atoms with Gasteiger partial charge in [-0.2, -0.15) is 5.26 Å². The van der Waals surface area contributed by atoms with E-state index in [0.717, 1.165) is 31.4 Å². The van der Waals surface area contributed by atoms with Crippen LogP contribution in [0, 0.1) is 29.6 Å². The number of ether oxygens (including phenoxy) is 2. The minimum atomic E-state index is -0.739. The van der Waals surface area contributed by atoms with Crippen LogP contribution < -0.4 is 20.5 Å². The normalized spacial score (nSPS) is 17.3. The van der Waals surface area contributed by atoms with E-state index < -0.39 is 11.9 Å². The molecule has 0 bridgehead atoms. The van der Waals surface area contributed by atoms with Gasteiger partial charge in [0.1, 0.15) is 35.6 Å². The number of halogens is 3. The summed E-state index contributed by atoms with van der Waals surface area (Å²) < 4.78 is 26.5. The van der Waals surface area contributed by atoms with Gasteiger partial charge in [-0.3, -0.25) is 5.41 Å². The van der Waals surface area contributed by atoms with Crippen molar-refractivity contribution in [2.45, 2.75) is 72.1 Å². The molecule has 0 amide bonds. The van der Waals surface area contributed by atoms with E-state index in [1.807, 2.05) is 13.0 Å². The third-order valence-corrected chi connectivity index (χ3v) is 7.99. The van der Waals surface area contributed by atoms with E-state index in [0.29, 0.717) is 45.8 Å². The molecule has 1 aliphatic rings. The zero-order chi connectivity index (χ0) is 31.1. The Morgan fingerprint density at radius 1 is 1.26 bits per heavy atom. The van der Waals surface area contributed by atoms with Crippen molar-refractivity contribution in [3.63, 3.8) is 0 Å². The molecular weight excluding hydrogens is 574 g/mol. The van der Waals surface area contributed by atoms with Gasteiger partial charge in [0.2, 0.25) is 0 Å². The van der Waals surface area contributed by atoms with Crippen molar-refractivity contribution >= 4 is 34.6 Å². The third kappa shape index (κ3) is 8.16. The van der Waals surface area contributed by atoms with Gasteiger partial charge in [-0.25, -0.2) is 4.39 Å². The average Bonchev–Trinajstić information content (AvgIpc) is 2.91. The van der Waals surface area contributed by atoms with Gasteiger partial charge >= 0.3 is 0 Å². The summed E-state index contributed by atoms with van der Waals surface area (Å²) in [5.41, 5.74) is 9.06. The van der Waals surface area contributed by atoms with E-state index >= 15 is 0 Å². The number of hydrogen-bond acceptors (Lipinski definition) is 6. The number of nitrogens with zero attached hydrogens (tertiary/aromatic N) is 1. The smallest absolute Gasteiger partial charge is 0.140 e. The molecule has 3 atom stereocenters. The molecule has 42 heavy (non-hydrogen) atoms. The average molecular weight is 614 g/mol. The monoisotopic (exact) mass is 612 g/mol. The van der Waals surface area contributed by atoms with E-state index in [1.54, 1.807) is 31.2 Å². The lowest BCUT2D eigenvalue weighted by Crippen LogP contribution is -2.45. The lowest BCUT2D eigenvalue weighted by atomic mass is 9.94. The van der Waals surface area contributed by atoms with Crippen LogP contribution in [0.15, 0.2) is 64.5 Å². The second kappa shape index (κ2) is 14.7.